The molecule has 0 fully saturated rings. The van der Waals surface area contributed by atoms with Gasteiger partial charge in [-0.1, -0.05) is 50.1 Å². The fraction of sp³-hybridized carbons (Fsp3) is 0.438. The highest BCUT2D eigenvalue weighted by molar-refractivity contribution is 5.17. The van der Waals surface area contributed by atoms with Crippen LogP contribution in [0.2, 0.25) is 0 Å². The molecule has 1 aromatic carbocycles. The smallest absolute Gasteiger partial charge is 0.247 e. The predicted molar refractivity (Wildman–Crippen MR) is 74.4 cm³/mol. The molecular weight excluding hydrogens is 220 g/mol. The molecule has 0 radical (unpaired) electrons. The number of hydrogen-bond acceptors (Lipinski definition) is 0. The highest BCUT2D eigenvalue weighted by Crippen LogP contribution is 2.07. The lowest BCUT2D eigenvalue weighted by Gasteiger charge is -1.99. The molecule has 1 heterocycles. The highest BCUT2D eigenvalue weighted by atomic mass is 15.1. The molecule has 0 unspecified atom stereocenters. The summed E-state index contributed by atoms with van der Waals surface area (Å²) in [6, 6.07) is 10.6. The van der Waals surface area contributed by atoms with Crippen LogP contribution in [0.4, 0.5) is 0 Å². The van der Waals surface area contributed by atoms with Crippen LogP contribution >= 0.6 is 0 Å². The molecule has 1 aromatic heterocycles. The number of hydrogen-bond donors (Lipinski definition) is 1. The van der Waals surface area contributed by atoms with Gasteiger partial charge in [0.05, 0.1) is 13.5 Å². The second-order valence-electron chi connectivity index (χ2n) is 4.91. The van der Waals surface area contributed by atoms with Gasteiger partial charge in [0, 0.05) is 6.42 Å². The Hall–Kier alpha value is -1.57. The van der Waals surface area contributed by atoms with E-state index in [1.54, 1.807) is 0 Å². The van der Waals surface area contributed by atoms with Gasteiger partial charge in [0.2, 0.25) is 0 Å². The summed E-state index contributed by atoms with van der Waals surface area (Å²) in [6.45, 7) is 2.25. The molecule has 0 atom stereocenters. The van der Waals surface area contributed by atoms with E-state index in [1.165, 1.54) is 42.8 Å². The maximum absolute atomic E-state index is 3.41. The Balaban J connectivity index is 2.02. The molecule has 0 bridgehead atoms. The van der Waals surface area contributed by atoms with Crippen LogP contribution in [0.25, 0.3) is 0 Å². The molecule has 18 heavy (non-hydrogen) atoms. The van der Waals surface area contributed by atoms with E-state index in [0.29, 0.717) is 0 Å². The molecule has 2 rings (SSSR count). The summed E-state index contributed by atoms with van der Waals surface area (Å²) < 4.78 is 2.31. The first-order valence-electron chi connectivity index (χ1n) is 6.90. The Labute approximate surface area is 110 Å². The van der Waals surface area contributed by atoms with Crippen molar-refractivity contribution < 1.29 is 4.57 Å². The van der Waals surface area contributed by atoms with Crippen LogP contribution in [0.15, 0.2) is 36.5 Å². The van der Waals surface area contributed by atoms with Crippen LogP contribution < -0.4 is 4.57 Å². The Morgan fingerprint density at radius 2 is 1.89 bits per heavy atom. The van der Waals surface area contributed by atoms with E-state index in [1.807, 2.05) is 0 Å². The molecule has 0 aliphatic carbocycles. The summed E-state index contributed by atoms with van der Waals surface area (Å²) in [5.41, 5.74) is 2.77. The maximum Gasteiger partial charge on any atom is 0.258 e. The van der Waals surface area contributed by atoms with Gasteiger partial charge in [-0.3, -0.25) is 0 Å². The third-order valence-corrected chi connectivity index (χ3v) is 3.49. The van der Waals surface area contributed by atoms with Gasteiger partial charge in [-0.2, -0.15) is 0 Å². The Bertz CT molecular complexity index is 471. The quantitative estimate of drug-likeness (QED) is 0.594. The second kappa shape index (κ2) is 6.39. The molecule has 0 saturated heterocycles. The minimum absolute atomic E-state index is 0.977. The van der Waals surface area contributed by atoms with Gasteiger partial charge < -0.3 is 0 Å². The van der Waals surface area contributed by atoms with Crippen LogP contribution in [0, 0.1) is 0 Å². The normalized spacial score (nSPS) is 10.8. The van der Waals surface area contributed by atoms with Gasteiger partial charge >= 0.3 is 0 Å². The van der Waals surface area contributed by atoms with Gasteiger partial charge in [-0.15, -0.1) is 0 Å². The Morgan fingerprint density at radius 1 is 1.11 bits per heavy atom. The summed E-state index contributed by atoms with van der Waals surface area (Å²) >= 11 is 0. The summed E-state index contributed by atoms with van der Waals surface area (Å²) in [7, 11) is 2.16. The standard InChI is InChI=1S/C16H22N2/c1-3-4-6-11-15-13-17-16(18(15)2)12-14-9-7-5-8-10-14/h5,7-10,13H,3-4,6,11-12H2,1-2H3/p+1. The Morgan fingerprint density at radius 3 is 2.61 bits per heavy atom. The number of nitrogens with one attached hydrogen (secondary N) is 1. The van der Waals surface area contributed by atoms with E-state index in [-0.39, 0.29) is 0 Å². The topological polar surface area (TPSA) is 19.7 Å². The molecule has 0 aliphatic rings. The third-order valence-electron chi connectivity index (χ3n) is 3.49. The zero-order chi connectivity index (χ0) is 12.8. The molecule has 0 saturated carbocycles. The summed E-state index contributed by atoms with van der Waals surface area (Å²) in [5, 5.41) is 0. The van der Waals surface area contributed by atoms with Crippen molar-refractivity contribution in [3.05, 3.63) is 53.6 Å². The molecule has 2 nitrogen and oxygen atoms in total. The number of aromatic nitrogens is 2. The molecule has 0 aliphatic heterocycles. The SMILES string of the molecule is CCCCCc1c[nH]c(Cc2ccccc2)[n+]1C. The number of H-pyrrole nitrogens is 1. The van der Waals surface area contributed by atoms with Crippen LogP contribution in [-0.4, -0.2) is 4.98 Å². The van der Waals surface area contributed by atoms with E-state index in [2.05, 4.69) is 60.1 Å². The number of aromatic amines is 1. The number of imidazole rings is 1. The molecular formula is C16H23N2+. The van der Waals surface area contributed by atoms with Crippen molar-refractivity contribution in [2.75, 3.05) is 0 Å². The minimum atomic E-state index is 0.977. The number of aryl methyl sites for hydroxylation is 1. The third kappa shape index (κ3) is 3.22. The van der Waals surface area contributed by atoms with E-state index in [0.717, 1.165) is 6.42 Å². The van der Waals surface area contributed by atoms with Gasteiger partial charge in [0.1, 0.15) is 11.9 Å². The molecule has 0 spiro atoms. The van der Waals surface area contributed by atoms with Crippen molar-refractivity contribution in [3.8, 4) is 0 Å². The van der Waals surface area contributed by atoms with Gasteiger partial charge in [-0.05, 0) is 12.0 Å². The predicted octanol–water partition coefficient (Wildman–Crippen LogP) is 3.16. The number of nitrogens with zero attached hydrogens (tertiary/aromatic N) is 1. The zero-order valence-corrected chi connectivity index (χ0v) is 11.4. The lowest BCUT2D eigenvalue weighted by atomic mass is 10.1. The maximum atomic E-state index is 3.41. The molecule has 96 valence electrons. The summed E-state index contributed by atoms with van der Waals surface area (Å²) in [4.78, 5) is 3.41. The van der Waals surface area contributed by atoms with Gasteiger partial charge in [-0.25, -0.2) is 9.55 Å². The number of rotatable bonds is 6. The van der Waals surface area contributed by atoms with Crippen molar-refractivity contribution in [2.45, 2.75) is 39.0 Å². The average Bonchev–Trinajstić information content (AvgIpc) is 2.73. The van der Waals surface area contributed by atoms with Crippen molar-refractivity contribution in [2.24, 2.45) is 7.05 Å². The van der Waals surface area contributed by atoms with Gasteiger partial charge in [0.15, 0.2) is 0 Å². The summed E-state index contributed by atoms with van der Waals surface area (Å²) in [6.07, 6.45) is 8.20. The molecule has 1 N–H and O–H groups in total. The van der Waals surface area contributed by atoms with Crippen LogP contribution in [0.3, 0.4) is 0 Å². The highest BCUT2D eigenvalue weighted by Gasteiger charge is 2.13. The van der Waals surface area contributed by atoms with E-state index < -0.39 is 0 Å². The first-order chi connectivity index (χ1) is 8.81. The fourth-order valence-electron chi connectivity index (χ4n) is 2.29. The van der Waals surface area contributed by atoms with Gasteiger partial charge in [0.25, 0.3) is 5.82 Å². The largest absolute Gasteiger partial charge is 0.258 e. The first kappa shape index (κ1) is 12.9. The van der Waals surface area contributed by atoms with E-state index >= 15 is 0 Å². The first-order valence-corrected chi connectivity index (χ1v) is 6.90. The summed E-state index contributed by atoms with van der Waals surface area (Å²) in [5.74, 6) is 1.28. The van der Waals surface area contributed by atoms with Crippen molar-refractivity contribution in [3.63, 3.8) is 0 Å². The van der Waals surface area contributed by atoms with Crippen LogP contribution in [0.5, 0.6) is 0 Å². The van der Waals surface area contributed by atoms with Crippen molar-refractivity contribution in [1.82, 2.24) is 4.98 Å². The minimum Gasteiger partial charge on any atom is -0.247 e. The number of unbranched alkanes of at least 4 members (excludes halogenated alkanes) is 2. The van der Waals surface area contributed by atoms with Crippen LogP contribution in [-0.2, 0) is 19.9 Å². The Kier molecular flexibility index (Phi) is 4.57. The zero-order valence-electron chi connectivity index (χ0n) is 11.4. The van der Waals surface area contributed by atoms with Crippen molar-refractivity contribution in [1.29, 1.82) is 0 Å². The van der Waals surface area contributed by atoms with Crippen LogP contribution in [0.1, 0.15) is 43.3 Å². The second-order valence-corrected chi connectivity index (χ2v) is 4.91. The van der Waals surface area contributed by atoms with Crippen molar-refractivity contribution >= 4 is 0 Å². The van der Waals surface area contributed by atoms with E-state index in [9.17, 15) is 0 Å². The monoisotopic (exact) mass is 243 g/mol. The molecule has 2 aromatic rings. The lowest BCUT2D eigenvalue weighted by molar-refractivity contribution is -0.684. The molecule has 2 heteroatoms. The number of benzene rings is 1. The lowest BCUT2D eigenvalue weighted by Crippen LogP contribution is -2.35. The molecule has 0 amide bonds. The average molecular weight is 243 g/mol. The van der Waals surface area contributed by atoms with E-state index in [4.69, 9.17) is 0 Å². The fourth-order valence-corrected chi connectivity index (χ4v) is 2.29.